The number of carbonyl (C=O) groups is 1. The molecule has 1 aliphatic heterocycles. The summed E-state index contributed by atoms with van der Waals surface area (Å²) in [5.74, 6) is 4.87. The largest absolute Gasteiger partial charge is 0.298 e. The Labute approximate surface area is 174 Å². The average molecular weight is 388 g/mol. The Morgan fingerprint density at radius 1 is 0.607 bits per heavy atom. The molecule has 0 aromatic rings. The molecular weight excluding hydrogens is 342 g/mol. The highest BCUT2D eigenvalue weighted by Gasteiger charge is 2.32. The summed E-state index contributed by atoms with van der Waals surface area (Å²) < 4.78 is 0. The second-order valence-electron chi connectivity index (χ2n) is 10.9. The number of rotatable bonds is 6. The van der Waals surface area contributed by atoms with Crippen molar-refractivity contribution in [1.29, 1.82) is 0 Å². The Morgan fingerprint density at radius 2 is 1.14 bits per heavy atom. The van der Waals surface area contributed by atoms with Crippen molar-refractivity contribution < 1.29 is 4.79 Å². The van der Waals surface area contributed by atoms with Crippen molar-refractivity contribution in [2.75, 3.05) is 19.6 Å². The van der Waals surface area contributed by atoms with Crippen LogP contribution >= 0.6 is 0 Å². The van der Waals surface area contributed by atoms with Gasteiger partial charge in [-0.25, -0.2) is 0 Å². The van der Waals surface area contributed by atoms with Crippen LogP contribution < -0.4 is 0 Å². The molecule has 0 aromatic carbocycles. The monoisotopic (exact) mass is 387 g/mol. The SMILES string of the molecule is O=C(CN1CCC(CC2CCCCC2)CC1)C1CCC(C2CCCCC2)CC1. The van der Waals surface area contributed by atoms with E-state index >= 15 is 0 Å². The van der Waals surface area contributed by atoms with Gasteiger partial charge in [0.2, 0.25) is 0 Å². The van der Waals surface area contributed by atoms with Crippen LogP contribution in [0, 0.1) is 29.6 Å². The highest BCUT2D eigenvalue weighted by molar-refractivity contribution is 5.83. The summed E-state index contributed by atoms with van der Waals surface area (Å²) in [4.78, 5) is 15.4. The molecule has 0 bridgehead atoms. The lowest BCUT2D eigenvalue weighted by Gasteiger charge is -2.37. The molecule has 4 rings (SSSR count). The van der Waals surface area contributed by atoms with Crippen LogP contribution in [-0.2, 0) is 4.79 Å². The third kappa shape index (κ3) is 5.83. The average Bonchev–Trinajstić information content (AvgIpc) is 2.76. The maximum absolute atomic E-state index is 12.9. The van der Waals surface area contributed by atoms with Gasteiger partial charge in [0.05, 0.1) is 6.54 Å². The van der Waals surface area contributed by atoms with Crippen LogP contribution in [0.4, 0.5) is 0 Å². The zero-order valence-electron chi connectivity index (χ0n) is 18.4. The Kier molecular flexibility index (Phi) is 7.90. The molecule has 2 nitrogen and oxygen atoms in total. The quantitative estimate of drug-likeness (QED) is 0.510. The topological polar surface area (TPSA) is 20.3 Å². The number of hydrogen-bond acceptors (Lipinski definition) is 2. The van der Waals surface area contributed by atoms with E-state index in [9.17, 15) is 4.79 Å². The normalized spacial score (nSPS) is 32.4. The molecule has 2 heteroatoms. The molecule has 1 heterocycles. The van der Waals surface area contributed by atoms with Crippen LogP contribution in [0.2, 0.25) is 0 Å². The molecular formula is C26H45NO. The molecule has 4 fully saturated rings. The van der Waals surface area contributed by atoms with E-state index in [1.54, 1.807) is 0 Å². The van der Waals surface area contributed by atoms with Crippen LogP contribution in [0.1, 0.15) is 109 Å². The Bertz CT molecular complexity index is 461. The number of nitrogens with zero attached hydrogens (tertiary/aromatic N) is 1. The van der Waals surface area contributed by atoms with Gasteiger partial charge in [0.25, 0.3) is 0 Å². The molecule has 0 N–H and O–H groups in total. The van der Waals surface area contributed by atoms with Crippen molar-refractivity contribution in [3.05, 3.63) is 0 Å². The van der Waals surface area contributed by atoms with Crippen LogP contribution in [0.5, 0.6) is 0 Å². The highest BCUT2D eigenvalue weighted by Crippen LogP contribution is 2.40. The summed E-state index contributed by atoms with van der Waals surface area (Å²) in [6.45, 7) is 3.12. The first-order valence-electron chi connectivity index (χ1n) is 13.0. The van der Waals surface area contributed by atoms with E-state index in [1.807, 2.05) is 0 Å². The molecule has 0 amide bonds. The first-order chi connectivity index (χ1) is 13.8. The minimum atomic E-state index is 0.389. The molecule has 28 heavy (non-hydrogen) atoms. The lowest BCUT2D eigenvalue weighted by molar-refractivity contribution is -0.125. The van der Waals surface area contributed by atoms with Gasteiger partial charge in [0.1, 0.15) is 5.78 Å². The fraction of sp³-hybridized carbons (Fsp3) is 0.962. The van der Waals surface area contributed by atoms with Crippen LogP contribution in [0.25, 0.3) is 0 Å². The number of likely N-dealkylation sites (tertiary alicyclic amines) is 1. The van der Waals surface area contributed by atoms with E-state index < -0.39 is 0 Å². The van der Waals surface area contributed by atoms with Gasteiger partial charge >= 0.3 is 0 Å². The molecule has 0 atom stereocenters. The van der Waals surface area contributed by atoms with Crippen molar-refractivity contribution in [3.8, 4) is 0 Å². The van der Waals surface area contributed by atoms with Crippen LogP contribution in [0.15, 0.2) is 0 Å². The van der Waals surface area contributed by atoms with Gasteiger partial charge in [0, 0.05) is 5.92 Å². The second kappa shape index (κ2) is 10.6. The third-order valence-corrected chi connectivity index (χ3v) is 9.02. The van der Waals surface area contributed by atoms with E-state index in [2.05, 4.69) is 4.90 Å². The van der Waals surface area contributed by atoms with Gasteiger partial charge in [-0.1, -0.05) is 64.2 Å². The molecule has 0 aromatic heterocycles. The first-order valence-corrected chi connectivity index (χ1v) is 13.0. The van der Waals surface area contributed by atoms with E-state index in [4.69, 9.17) is 0 Å². The number of ketones is 1. The predicted molar refractivity (Wildman–Crippen MR) is 117 cm³/mol. The van der Waals surface area contributed by atoms with Gasteiger partial charge in [-0.2, -0.15) is 0 Å². The van der Waals surface area contributed by atoms with Gasteiger partial charge in [-0.15, -0.1) is 0 Å². The zero-order valence-corrected chi connectivity index (χ0v) is 18.4. The van der Waals surface area contributed by atoms with Crippen molar-refractivity contribution >= 4 is 5.78 Å². The summed E-state index contributed by atoms with van der Waals surface area (Å²) in [6, 6.07) is 0. The Hall–Kier alpha value is -0.370. The fourth-order valence-electron chi connectivity index (χ4n) is 7.14. The van der Waals surface area contributed by atoms with Crippen molar-refractivity contribution in [1.82, 2.24) is 4.90 Å². The fourth-order valence-corrected chi connectivity index (χ4v) is 7.14. The highest BCUT2D eigenvalue weighted by atomic mass is 16.1. The van der Waals surface area contributed by atoms with Gasteiger partial charge in [-0.3, -0.25) is 9.69 Å². The molecule has 160 valence electrons. The van der Waals surface area contributed by atoms with Gasteiger partial charge in [0.15, 0.2) is 0 Å². The molecule has 0 spiro atoms. The maximum atomic E-state index is 12.9. The number of piperidine rings is 1. The van der Waals surface area contributed by atoms with Crippen molar-refractivity contribution in [2.24, 2.45) is 29.6 Å². The van der Waals surface area contributed by atoms with Crippen LogP contribution in [0.3, 0.4) is 0 Å². The first kappa shape index (κ1) is 20.9. The van der Waals surface area contributed by atoms with E-state index in [-0.39, 0.29) is 0 Å². The standard InChI is InChI=1S/C26H45NO/c28-26(25-13-11-24(12-14-25)23-9-5-2-6-10-23)20-27-17-15-22(16-18-27)19-21-7-3-1-4-8-21/h21-25H,1-20H2. The number of hydrogen-bond donors (Lipinski definition) is 0. The predicted octanol–water partition coefficient (Wildman–Crippen LogP) is 6.62. The van der Waals surface area contributed by atoms with E-state index in [1.165, 1.54) is 122 Å². The van der Waals surface area contributed by atoms with E-state index in [0.29, 0.717) is 11.7 Å². The zero-order chi connectivity index (χ0) is 19.2. The van der Waals surface area contributed by atoms with Gasteiger partial charge < -0.3 is 0 Å². The number of Topliss-reactive ketones (excluding diaryl/α,β-unsaturated/α-hetero) is 1. The van der Waals surface area contributed by atoms with Gasteiger partial charge in [-0.05, 0) is 81.7 Å². The second-order valence-corrected chi connectivity index (χ2v) is 10.9. The Balaban J connectivity index is 1.13. The molecule has 0 unspecified atom stereocenters. The molecule has 1 saturated heterocycles. The minimum Gasteiger partial charge on any atom is -0.298 e. The molecule has 3 saturated carbocycles. The maximum Gasteiger partial charge on any atom is 0.149 e. The lowest BCUT2D eigenvalue weighted by atomic mass is 9.70. The lowest BCUT2D eigenvalue weighted by Crippen LogP contribution is -2.40. The van der Waals surface area contributed by atoms with E-state index in [0.717, 1.165) is 30.2 Å². The smallest absolute Gasteiger partial charge is 0.149 e. The molecule has 4 aliphatic rings. The van der Waals surface area contributed by atoms with Crippen LogP contribution in [-0.4, -0.2) is 30.3 Å². The molecule has 3 aliphatic carbocycles. The summed E-state index contributed by atoms with van der Waals surface area (Å²) >= 11 is 0. The minimum absolute atomic E-state index is 0.389. The Morgan fingerprint density at radius 3 is 1.79 bits per heavy atom. The summed E-state index contributed by atoms with van der Waals surface area (Å²) in [7, 11) is 0. The summed E-state index contributed by atoms with van der Waals surface area (Å²) in [5, 5.41) is 0. The molecule has 0 radical (unpaired) electrons. The number of carbonyl (C=O) groups excluding carboxylic acids is 1. The third-order valence-electron chi connectivity index (χ3n) is 9.02. The van der Waals surface area contributed by atoms with Crippen molar-refractivity contribution in [3.63, 3.8) is 0 Å². The summed E-state index contributed by atoms with van der Waals surface area (Å²) in [5.41, 5.74) is 0. The van der Waals surface area contributed by atoms with Crippen molar-refractivity contribution in [2.45, 2.75) is 109 Å². The summed E-state index contributed by atoms with van der Waals surface area (Å²) in [6.07, 6.45) is 23.9.